The minimum Gasteiger partial charge on any atom is -0.399 e. The third kappa shape index (κ3) is 6.11. The predicted octanol–water partition coefficient (Wildman–Crippen LogP) is 2.84. The standard InChI is InChI=1S/C18H22N4O.2ClH/c19-15-6-4-14(5-7-15)13-18(23)21-16-8-11-22(12-9-16)17-3-1-2-10-20-17;;/h1-7,10,16H,8-9,11-13,19H2,(H,21,23);2*1H. The van der Waals surface area contributed by atoms with Gasteiger partial charge in [-0.05, 0) is 42.7 Å². The third-order valence-electron chi connectivity index (χ3n) is 4.18. The lowest BCUT2D eigenvalue weighted by Gasteiger charge is -2.33. The Morgan fingerprint density at radius 2 is 1.80 bits per heavy atom. The lowest BCUT2D eigenvalue weighted by Crippen LogP contribution is -2.45. The van der Waals surface area contributed by atoms with Crippen LogP contribution < -0.4 is 16.0 Å². The van der Waals surface area contributed by atoms with Crippen LogP contribution in [0.4, 0.5) is 11.5 Å². The molecule has 5 nitrogen and oxygen atoms in total. The molecule has 1 amide bonds. The number of nitrogens with two attached hydrogens (primary N) is 1. The summed E-state index contributed by atoms with van der Waals surface area (Å²) in [5, 5.41) is 3.14. The van der Waals surface area contributed by atoms with Gasteiger partial charge in [0.2, 0.25) is 5.91 Å². The number of rotatable bonds is 4. The van der Waals surface area contributed by atoms with Crippen LogP contribution in [0.1, 0.15) is 18.4 Å². The maximum atomic E-state index is 12.1. The van der Waals surface area contributed by atoms with Gasteiger partial charge in [0.25, 0.3) is 0 Å². The molecule has 1 fully saturated rings. The molecule has 0 aliphatic carbocycles. The van der Waals surface area contributed by atoms with Crippen molar-refractivity contribution in [2.24, 2.45) is 0 Å². The number of pyridine rings is 1. The van der Waals surface area contributed by atoms with Crippen molar-refractivity contribution in [3.8, 4) is 0 Å². The van der Waals surface area contributed by atoms with E-state index in [4.69, 9.17) is 5.73 Å². The van der Waals surface area contributed by atoms with Gasteiger partial charge in [-0.25, -0.2) is 4.98 Å². The Kier molecular flexibility index (Phi) is 8.52. The van der Waals surface area contributed by atoms with Gasteiger partial charge in [0.1, 0.15) is 5.82 Å². The van der Waals surface area contributed by atoms with Gasteiger partial charge in [-0.1, -0.05) is 18.2 Å². The Morgan fingerprint density at radius 1 is 1.12 bits per heavy atom. The molecule has 1 aromatic carbocycles. The normalized spacial score (nSPS) is 14.2. The van der Waals surface area contributed by atoms with Gasteiger partial charge in [0.05, 0.1) is 6.42 Å². The Morgan fingerprint density at radius 3 is 2.40 bits per heavy atom. The minimum atomic E-state index is 0. The van der Waals surface area contributed by atoms with Crippen molar-refractivity contribution in [2.75, 3.05) is 23.7 Å². The number of amides is 1. The number of aromatic nitrogens is 1. The molecule has 1 aliphatic heterocycles. The molecule has 0 spiro atoms. The van der Waals surface area contributed by atoms with Crippen molar-refractivity contribution < 1.29 is 4.79 Å². The SMILES string of the molecule is Cl.Cl.Nc1ccc(CC(=O)NC2CCN(c3ccccn3)CC2)cc1. The van der Waals surface area contributed by atoms with Crippen LogP contribution in [0.3, 0.4) is 0 Å². The molecular weight excluding hydrogens is 359 g/mol. The maximum absolute atomic E-state index is 12.1. The minimum absolute atomic E-state index is 0. The van der Waals surface area contributed by atoms with Gasteiger partial charge in [-0.15, -0.1) is 24.8 Å². The first-order valence-electron chi connectivity index (χ1n) is 8.00. The molecule has 1 aliphatic rings. The van der Waals surface area contributed by atoms with Crippen LogP contribution in [0.2, 0.25) is 0 Å². The highest BCUT2D eigenvalue weighted by atomic mass is 35.5. The summed E-state index contributed by atoms with van der Waals surface area (Å²) in [5.74, 6) is 1.09. The molecule has 2 heterocycles. The first-order valence-corrected chi connectivity index (χ1v) is 8.00. The van der Waals surface area contributed by atoms with E-state index in [2.05, 4.69) is 15.2 Å². The largest absolute Gasteiger partial charge is 0.399 e. The highest BCUT2D eigenvalue weighted by molar-refractivity contribution is 5.85. The van der Waals surface area contributed by atoms with E-state index in [9.17, 15) is 4.79 Å². The van der Waals surface area contributed by atoms with Gasteiger partial charge in [0, 0.05) is 31.0 Å². The van der Waals surface area contributed by atoms with Crippen molar-refractivity contribution in [3.05, 3.63) is 54.2 Å². The van der Waals surface area contributed by atoms with E-state index in [1.165, 1.54) is 0 Å². The summed E-state index contributed by atoms with van der Waals surface area (Å²) in [6, 6.07) is 13.7. The summed E-state index contributed by atoms with van der Waals surface area (Å²) in [5.41, 5.74) is 7.36. The van der Waals surface area contributed by atoms with Crippen LogP contribution in [0.5, 0.6) is 0 Å². The number of nitrogen functional groups attached to an aromatic ring is 1. The third-order valence-corrected chi connectivity index (χ3v) is 4.18. The fourth-order valence-electron chi connectivity index (χ4n) is 2.89. The summed E-state index contributed by atoms with van der Waals surface area (Å²) < 4.78 is 0. The predicted molar refractivity (Wildman–Crippen MR) is 107 cm³/mol. The Labute approximate surface area is 160 Å². The second kappa shape index (κ2) is 10.1. The summed E-state index contributed by atoms with van der Waals surface area (Å²) >= 11 is 0. The Hall–Kier alpha value is -1.98. The summed E-state index contributed by atoms with van der Waals surface area (Å²) in [7, 11) is 0. The van der Waals surface area contributed by atoms with E-state index in [1.807, 2.05) is 48.7 Å². The topological polar surface area (TPSA) is 71.2 Å². The zero-order valence-electron chi connectivity index (χ0n) is 13.9. The van der Waals surface area contributed by atoms with Crippen molar-refractivity contribution in [1.82, 2.24) is 10.3 Å². The molecule has 136 valence electrons. The molecule has 2 aromatic rings. The fraction of sp³-hybridized carbons (Fsp3) is 0.333. The lowest BCUT2D eigenvalue weighted by atomic mass is 10.0. The number of halogens is 2. The molecule has 3 N–H and O–H groups in total. The maximum Gasteiger partial charge on any atom is 0.224 e. The van der Waals surface area contributed by atoms with Crippen LogP contribution in [0.15, 0.2) is 48.7 Å². The van der Waals surface area contributed by atoms with E-state index < -0.39 is 0 Å². The van der Waals surface area contributed by atoms with Crippen LogP contribution in [-0.2, 0) is 11.2 Å². The first kappa shape index (κ1) is 21.1. The Bertz CT molecular complexity index is 644. The van der Waals surface area contributed by atoms with E-state index in [-0.39, 0.29) is 36.8 Å². The average molecular weight is 383 g/mol. The van der Waals surface area contributed by atoms with E-state index in [0.717, 1.165) is 43.0 Å². The van der Waals surface area contributed by atoms with Crippen LogP contribution in [-0.4, -0.2) is 30.0 Å². The zero-order valence-corrected chi connectivity index (χ0v) is 15.6. The number of nitrogens with zero attached hydrogens (tertiary/aromatic N) is 2. The van der Waals surface area contributed by atoms with E-state index >= 15 is 0 Å². The molecule has 0 saturated carbocycles. The molecule has 1 saturated heterocycles. The second-order valence-corrected chi connectivity index (χ2v) is 5.94. The van der Waals surface area contributed by atoms with Crippen molar-refractivity contribution in [3.63, 3.8) is 0 Å². The van der Waals surface area contributed by atoms with Gasteiger partial charge >= 0.3 is 0 Å². The molecule has 3 rings (SSSR count). The first-order chi connectivity index (χ1) is 11.2. The van der Waals surface area contributed by atoms with Crippen LogP contribution in [0.25, 0.3) is 0 Å². The summed E-state index contributed by atoms with van der Waals surface area (Å²) in [6.07, 6.45) is 4.12. The van der Waals surface area contributed by atoms with E-state index in [1.54, 1.807) is 0 Å². The number of nitrogens with one attached hydrogen (secondary N) is 1. The lowest BCUT2D eigenvalue weighted by molar-refractivity contribution is -0.121. The molecule has 0 radical (unpaired) electrons. The highest BCUT2D eigenvalue weighted by Crippen LogP contribution is 2.17. The summed E-state index contributed by atoms with van der Waals surface area (Å²) in [4.78, 5) is 18.8. The second-order valence-electron chi connectivity index (χ2n) is 5.94. The van der Waals surface area contributed by atoms with Crippen LogP contribution in [0, 0.1) is 0 Å². The molecule has 0 atom stereocenters. The van der Waals surface area contributed by atoms with Gasteiger partial charge < -0.3 is 16.0 Å². The van der Waals surface area contributed by atoms with Crippen molar-refractivity contribution in [2.45, 2.75) is 25.3 Å². The highest BCUT2D eigenvalue weighted by Gasteiger charge is 2.21. The average Bonchev–Trinajstić information content (AvgIpc) is 2.58. The molecule has 25 heavy (non-hydrogen) atoms. The fourth-order valence-corrected chi connectivity index (χ4v) is 2.89. The van der Waals surface area contributed by atoms with Crippen molar-refractivity contribution in [1.29, 1.82) is 0 Å². The van der Waals surface area contributed by atoms with Crippen molar-refractivity contribution >= 4 is 42.2 Å². The smallest absolute Gasteiger partial charge is 0.224 e. The number of hydrogen-bond acceptors (Lipinski definition) is 4. The van der Waals surface area contributed by atoms with Gasteiger partial charge in [0.15, 0.2) is 0 Å². The van der Waals surface area contributed by atoms with E-state index in [0.29, 0.717) is 6.42 Å². The molecule has 1 aromatic heterocycles. The molecule has 0 unspecified atom stereocenters. The van der Waals surface area contributed by atoms with Gasteiger partial charge in [-0.3, -0.25) is 4.79 Å². The number of carbonyl (C=O) groups excluding carboxylic acids is 1. The van der Waals surface area contributed by atoms with Gasteiger partial charge in [-0.2, -0.15) is 0 Å². The quantitative estimate of drug-likeness (QED) is 0.797. The zero-order chi connectivity index (χ0) is 16.1. The number of carbonyl (C=O) groups is 1. The Balaban J connectivity index is 0.00000156. The monoisotopic (exact) mass is 382 g/mol. The number of anilines is 2. The molecular formula is C18H24Cl2N4O. The number of piperidine rings is 1. The number of hydrogen-bond donors (Lipinski definition) is 2. The van der Waals surface area contributed by atoms with Crippen LogP contribution >= 0.6 is 24.8 Å². The molecule has 0 bridgehead atoms. The summed E-state index contributed by atoms with van der Waals surface area (Å²) in [6.45, 7) is 1.84. The molecule has 7 heteroatoms. The number of benzene rings is 1.